The molecule has 0 aromatic heterocycles. The molecule has 2 nitrogen and oxygen atoms in total. The summed E-state index contributed by atoms with van der Waals surface area (Å²) in [5.74, 6) is 0. The Labute approximate surface area is 75.9 Å². The number of carbonyl (C=O) groups excluding carboxylic acids is 1. The van der Waals surface area contributed by atoms with E-state index in [0.29, 0.717) is 6.42 Å². The summed E-state index contributed by atoms with van der Waals surface area (Å²) in [5, 5.41) is 0. The standard InChI is InChI=1S/C9H17O2P/c1-2-3-4-5-6-7-8-9(10)12-11/h2-8H2,1H3. The lowest BCUT2D eigenvalue weighted by Gasteiger charge is -1.96. The van der Waals surface area contributed by atoms with Crippen molar-refractivity contribution in [3.05, 3.63) is 0 Å². The molecule has 0 fully saturated rings. The van der Waals surface area contributed by atoms with E-state index in [2.05, 4.69) is 6.92 Å². The van der Waals surface area contributed by atoms with Gasteiger partial charge in [0.1, 0.15) is 0 Å². The van der Waals surface area contributed by atoms with Gasteiger partial charge < -0.3 is 0 Å². The predicted molar refractivity (Wildman–Crippen MR) is 50.6 cm³/mol. The van der Waals surface area contributed by atoms with E-state index < -0.39 is 0 Å². The maximum absolute atomic E-state index is 10.6. The summed E-state index contributed by atoms with van der Waals surface area (Å²) >= 11 is 0. The number of hydrogen-bond donors (Lipinski definition) is 0. The van der Waals surface area contributed by atoms with Gasteiger partial charge in [-0.3, -0.25) is 9.36 Å². The highest BCUT2D eigenvalue weighted by molar-refractivity contribution is 7.46. The fourth-order valence-electron chi connectivity index (χ4n) is 1.10. The second-order valence-electron chi connectivity index (χ2n) is 3.00. The molecule has 0 heterocycles. The van der Waals surface area contributed by atoms with Gasteiger partial charge in [0.15, 0.2) is 0 Å². The minimum atomic E-state index is -0.320. The Kier molecular flexibility index (Phi) is 8.69. The third kappa shape index (κ3) is 7.87. The monoisotopic (exact) mass is 188 g/mol. The van der Waals surface area contributed by atoms with Crippen LogP contribution in [0.25, 0.3) is 0 Å². The molecule has 0 aliphatic rings. The van der Waals surface area contributed by atoms with Crippen molar-refractivity contribution in [3.63, 3.8) is 0 Å². The Balaban J connectivity index is 3.00. The molecule has 0 bridgehead atoms. The van der Waals surface area contributed by atoms with Gasteiger partial charge in [0, 0.05) is 6.42 Å². The first-order chi connectivity index (χ1) is 5.81. The molecule has 0 aliphatic carbocycles. The van der Waals surface area contributed by atoms with Crippen LogP contribution in [0.2, 0.25) is 0 Å². The van der Waals surface area contributed by atoms with Crippen LogP contribution >= 0.6 is 8.46 Å². The molecule has 0 N–H and O–H groups in total. The SMILES string of the molecule is CCCCCCCCC(=O)P=O. The summed E-state index contributed by atoms with van der Waals surface area (Å²) in [5.41, 5.74) is -0.162. The summed E-state index contributed by atoms with van der Waals surface area (Å²) in [7, 11) is -0.320. The molecule has 3 heteroatoms. The van der Waals surface area contributed by atoms with E-state index in [0.717, 1.165) is 12.8 Å². The first kappa shape index (κ1) is 11.8. The number of carbonyl (C=O) groups is 1. The van der Waals surface area contributed by atoms with Gasteiger partial charge in [-0.15, -0.1) is 0 Å². The summed E-state index contributed by atoms with van der Waals surface area (Å²) in [6.45, 7) is 2.18. The van der Waals surface area contributed by atoms with Crippen molar-refractivity contribution in [1.82, 2.24) is 0 Å². The van der Waals surface area contributed by atoms with Crippen molar-refractivity contribution < 1.29 is 9.36 Å². The number of unbranched alkanes of at least 4 members (excludes halogenated alkanes) is 5. The van der Waals surface area contributed by atoms with E-state index in [9.17, 15) is 9.36 Å². The van der Waals surface area contributed by atoms with Crippen LogP contribution in [0.1, 0.15) is 51.9 Å². The Bertz CT molecular complexity index is 134. The van der Waals surface area contributed by atoms with Crippen LogP contribution in [0.3, 0.4) is 0 Å². The van der Waals surface area contributed by atoms with E-state index in [1.807, 2.05) is 0 Å². The van der Waals surface area contributed by atoms with E-state index in [4.69, 9.17) is 0 Å². The van der Waals surface area contributed by atoms with Gasteiger partial charge >= 0.3 is 0 Å². The van der Waals surface area contributed by atoms with Crippen molar-refractivity contribution in [2.45, 2.75) is 51.9 Å². The van der Waals surface area contributed by atoms with E-state index in [1.165, 1.54) is 25.7 Å². The quantitative estimate of drug-likeness (QED) is 0.431. The van der Waals surface area contributed by atoms with Gasteiger partial charge in [0.05, 0.1) is 0 Å². The molecule has 0 atom stereocenters. The third-order valence-electron chi connectivity index (χ3n) is 1.85. The largest absolute Gasteiger partial charge is 0.286 e. The topological polar surface area (TPSA) is 34.1 Å². The lowest BCUT2D eigenvalue weighted by Crippen LogP contribution is -1.86. The first-order valence-corrected chi connectivity index (χ1v) is 5.48. The molecule has 0 rings (SSSR count). The molecule has 0 saturated heterocycles. The number of rotatable bonds is 8. The summed E-state index contributed by atoms with van der Waals surface area (Å²) in [4.78, 5) is 10.6. The third-order valence-corrected chi connectivity index (χ3v) is 2.27. The fraction of sp³-hybridized carbons (Fsp3) is 0.889. The second kappa shape index (κ2) is 8.86. The van der Waals surface area contributed by atoms with Gasteiger partial charge in [0.2, 0.25) is 14.0 Å². The second-order valence-corrected chi connectivity index (χ2v) is 3.68. The summed E-state index contributed by atoms with van der Waals surface area (Å²) in [6.07, 6.45) is 7.48. The van der Waals surface area contributed by atoms with Crippen molar-refractivity contribution in [2.24, 2.45) is 0 Å². The molecule has 0 aromatic carbocycles. The Morgan fingerprint density at radius 2 is 1.67 bits per heavy atom. The maximum Gasteiger partial charge on any atom is 0.231 e. The summed E-state index contributed by atoms with van der Waals surface area (Å²) < 4.78 is 10.0. The van der Waals surface area contributed by atoms with Crippen LogP contribution in [-0.4, -0.2) is 5.52 Å². The highest BCUT2D eigenvalue weighted by Crippen LogP contribution is 2.09. The highest BCUT2D eigenvalue weighted by Gasteiger charge is 1.98. The van der Waals surface area contributed by atoms with Crippen molar-refractivity contribution in [3.8, 4) is 0 Å². The number of hydrogen-bond acceptors (Lipinski definition) is 2. The van der Waals surface area contributed by atoms with E-state index in [-0.39, 0.29) is 14.0 Å². The van der Waals surface area contributed by atoms with Crippen molar-refractivity contribution in [2.75, 3.05) is 0 Å². The van der Waals surface area contributed by atoms with Crippen molar-refractivity contribution in [1.29, 1.82) is 0 Å². The van der Waals surface area contributed by atoms with Gasteiger partial charge in [-0.05, 0) is 6.42 Å². The summed E-state index contributed by atoms with van der Waals surface area (Å²) in [6, 6.07) is 0. The molecule has 0 saturated carbocycles. The van der Waals surface area contributed by atoms with Gasteiger partial charge in [-0.2, -0.15) is 0 Å². The van der Waals surface area contributed by atoms with Crippen LogP contribution in [0, 0.1) is 0 Å². The van der Waals surface area contributed by atoms with Gasteiger partial charge in [-0.1, -0.05) is 39.0 Å². The molecule has 0 aromatic rings. The van der Waals surface area contributed by atoms with Crippen LogP contribution in [0.15, 0.2) is 0 Å². The molecular formula is C9H17O2P. The van der Waals surface area contributed by atoms with Crippen LogP contribution in [-0.2, 0) is 9.36 Å². The van der Waals surface area contributed by atoms with Gasteiger partial charge in [0.25, 0.3) is 0 Å². The van der Waals surface area contributed by atoms with Crippen LogP contribution in [0.4, 0.5) is 0 Å². The molecule has 0 radical (unpaired) electrons. The fourth-order valence-corrected chi connectivity index (χ4v) is 1.35. The molecule has 12 heavy (non-hydrogen) atoms. The smallest absolute Gasteiger partial charge is 0.231 e. The zero-order valence-electron chi connectivity index (χ0n) is 7.71. The minimum absolute atomic E-state index is 0.162. The molecule has 0 spiro atoms. The molecule has 70 valence electrons. The highest BCUT2D eigenvalue weighted by atomic mass is 31.1. The average Bonchev–Trinajstić information content (AvgIpc) is 2.10. The lowest BCUT2D eigenvalue weighted by molar-refractivity contribution is -0.111. The average molecular weight is 188 g/mol. The molecular weight excluding hydrogens is 171 g/mol. The van der Waals surface area contributed by atoms with Crippen LogP contribution < -0.4 is 0 Å². The molecule has 0 unspecified atom stereocenters. The van der Waals surface area contributed by atoms with E-state index >= 15 is 0 Å². The minimum Gasteiger partial charge on any atom is -0.286 e. The van der Waals surface area contributed by atoms with Crippen molar-refractivity contribution >= 4 is 14.0 Å². The van der Waals surface area contributed by atoms with Gasteiger partial charge in [-0.25, -0.2) is 0 Å². The zero-order valence-corrected chi connectivity index (χ0v) is 8.61. The Hall–Kier alpha value is -0.230. The zero-order chi connectivity index (χ0) is 9.23. The van der Waals surface area contributed by atoms with E-state index in [1.54, 1.807) is 0 Å². The Morgan fingerprint density at radius 3 is 2.25 bits per heavy atom. The van der Waals surface area contributed by atoms with Crippen LogP contribution in [0.5, 0.6) is 0 Å². The normalized spacial score (nSPS) is 10.4. The molecule has 0 aliphatic heterocycles. The molecule has 0 amide bonds. The maximum atomic E-state index is 10.6. The lowest BCUT2D eigenvalue weighted by atomic mass is 10.1. The Morgan fingerprint density at radius 1 is 1.08 bits per heavy atom. The predicted octanol–water partition coefficient (Wildman–Crippen LogP) is 3.56. The first-order valence-electron chi connectivity index (χ1n) is 4.67.